The van der Waals surface area contributed by atoms with Crippen molar-refractivity contribution in [1.29, 1.82) is 0 Å². The number of hydrogen-bond acceptors (Lipinski definition) is 4. The molecule has 0 bridgehead atoms. The van der Waals surface area contributed by atoms with Crippen molar-refractivity contribution in [2.45, 2.75) is 16.8 Å². The van der Waals surface area contributed by atoms with Crippen molar-refractivity contribution in [3.8, 4) is 11.4 Å². The topological polar surface area (TPSA) is 47.8 Å². The average Bonchev–Trinajstić information content (AvgIpc) is 3.01. The molecule has 6 heteroatoms. The molecule has 4 rings (SSSR count). The van der Waals surface area contributed by atoms with Crippen molar-refractivity contribution in [2.75, 3.05) is 0 Å². The minimum Gasteiger partial charge on any atom is -0.272 e. The molecule has 1 aliphatic rings. The van der Waals surface area contributed by atoms with Crippen molar-refractivity contribution in [2.24, 2.45) is 0 Å². The van der Waals surface area contributed by atoms with Crippen molar-refractivity contribution < 1.29 is 9.18 Å². The third kappa shape index (κ3) is 2.66. The molecular formula is C17H12FN3OS. The van der Waals surface area contributed by atoms with Crippen LogP contribution in [0.4, 0.5) is 4.39 Å². The molecule has 2 heterocycles. The molecule has 0 fully saturated rings. The van der Waals surface area contributed by atoms with Gasteiger partial charge in [0.05, 0.1) is 0 Å². The smallest absolute Gasteiger partial charge is 0.250 e. The van der Waals surface area contributed by atoms with Crippen LogP contribution in [-0.4, -0.2) is 20.7 Å². The number of carbonyl (C=O) groups excluding carboxylic acids is 1. The lowest BCUT2D eigenvalue weighted by Gasteiger charge is -2.20. The first kappa shape index (κ1) is 14.1. The molecule has 0 saturated carbocycles. The quantitative estimate of drug-likeness (QED) is 0.715. The number of carbonyl (C=O) groups is 1. The molecule has 23 heavy (non-hydrogen) atoms. The Balaban J connectivity index is 1.68. The Morgan fingerprint density at radius 3 is 2.57 bits per heavy atom. The van der Waals surface area contributed by atoms with Crippen LogP contribution in [0.25, 0.3) is 11.4 Å². The maximum absolute atomic E-state index is 13.1. The molecule has 3 aromatic rings. The van der Waals surface area contributed by atoms with Crippen LogP contribution in [-0.2, 0) is 0 Å². The van der Waals surface area contributed by atoms with E-state index in [9.17, 15) is 9.18 Å². The fraction of sp³-hybridized carbons (Fsp3) is 0.118. The summed E-state index contributed by atoms with van der Waals surface area (Å²) >= 11 is 1.48. The summed E-state index contributed by atoms with van der Waals surface area (Å²) in [6.07, 6.45) is 0.320. The van der Waals surface area contributed by atoms with Gasteiger partial charge in [0.2, 0.25) is 0 Å². The minimum absolute atomic E-state index is 0.0663. The van der Waals surface area contributed by atoms with Gasteiger partial charge in [0, 0.05) is 17.2 Å². The second-order valence-electron chi connectivity index (χ2n) is 5.25. The Kier molecular flexibility index (Phi) is 3.46. The third-order valence-electron chi connectivity index (χ3n) is 3.70. The molecule has 0 saturated heterocycles. The molecule has 4 nitrogen and oxygen atoms in total. The van der Waals surface area contributed by atoms with Gasteiger partial charge in [0.15, 0.2) is 11.0 Å². The zero-order chi connectivity index (χ0) is 15.8. The van der Waals surface area contributed by atoms with Gasteiger partial charge in [-0.05, 0) is 17.7 Å². The van der Waals surface area contributed by atoms with Crippen molar-refractivity contribution in [3.63, 3.8) is 0 Å². The molecule has 1 aliphatic heterocycles. The lowest BCUT2D eigenvalue weighted by Crippen LogP contribution is -2.20. The van der Waals surface area contributed by atoms with Crippen LogP contribution >= 0.6 is 11.8 Å². The summed E-state index contributed by atoms with van der Waals surface area (Å²) in [6.45, 7) is 0. The van der Waals surface area contributed by atoms with Crippen molar-refractivity contribution in [3.05, 3.63) is 66.0 Å². The Hall–Kier alpha value is -2.47. The number of fused-ring (bicyclic) bond motifs is 1. The second kappa shape index (κ2) is 5.62. The Labute approximate surface area is 136 Å². The molecule has 0 aliphatic carbocycles. The molecule has 1 atom stereocenters. The predicted molar refractivity (Wildman–Crippen MR) is 85.7 cm³/mol. The first-order valence-electron chi connectivity index (χ1n) is 7.18. The molecular weight excluding hydrogens is 313 g/mol. The number of thioether (sulfide) groups is 1. The van der Waals surface area contributed by atoms with E-state index in [2.05, 4.69) is 10.1 Å². The van der Waals surface area contributed by atoms with Gasteiger partial charge in [0.1, 0.15) is 5.82 Å². The van der Waals surface area contributed by atoms with E-state index in [1.54, 1.807) is 12.1 Å². The summed E-state index contributed by atoms with van der Waals surface area (Å²) in [6, 6.07) is 15.8. The van der Waals surface area contributed by atoms with E-state index in [0.29, 0.717) is 17.4 Å². The Bertz CT molecular complexity index is 861. The summed E-state index contributed by atoms with van der Waals surface area (Å²) in [5.74, 6) is 0.166. The molecule has 114 valence electrons. The van der Waals surface area contributed by atoms with Gasteiger partial charge < -0.3 is 0 Å². The molecule has 2 aromatic carbocycles. The minimum atomic E-state index is -0.282. The largest absolute Gasteiger partial charge is 0.272 e. The fourth-order valence-corrected chi connectivity index (χ4v) is 3.68. The van der Waals surface area contributed by atoms with Crippen LogP contribution in [0.5, 0.6) is 0 Å². The summed E-state index contributed by atoms with van der Waals surface area (Å²) < 4.78 is 14.4. The average molecular weight is 325 g/mol. The number of aromatic nitrogens is 3. The highest BCUT2D eigenvalue weighted by atomic mass is 32.2. The van der Waals surface area contributed by atoms with Gasteiger partial charge in [-0.15, -0.1) is 5.10 Å². The Morgan fingerprint density at radius 1 is 1.09 bits per heavy atom. The highest BCUT2D eigenvalue weighted by molar-refractivity contribution is 7.99. The normalized spacial score (nSPS) is 17.1. The maximum atomic E-state index is 13.1. The van der Waals surface area contributed by atoms with Gasteiger partial charge in [-0.3, -0.25) is 4.79 Å². The van der Waals surface area contributed by atoms with Crippen LogP contribution in [0.15, 0.2) is 59.8 Å². The van der Waals surface area contributed by atoms with E-state index in [4.69, 9.17) is 0 Å². The zero-order valence-electron chi connectivity index (χ0n) is 12.0. The van der Waals surface area contributed by atoms with Crippen molar-refractivity contribution >= 4 is 17.7 Å². The fourth-order valence-electron chi connectivity index (χ4n) is 2.52. The van der Waals surface area contributed by atoms with E-state index < -0.39 is 0 Å². The van der Waals surface area contributed by atoms with Gasteiger partial charge in [0.25, 0.3) is 5.91 Å². The number of benzene rings is 2. The lowest BCUT2D eigenvalue weighted by atomic mass is 10.1. The number of rotatable bonds is 2. The van der Waals surface area contributed by atoms with E-state index in [-0.39, 0.29) is 17.0 Å². The molecule has 0 spiro atoms. The lowest BCUT2D eigenvalue weighted by molar-refractivity contribution is 0.0868. The van der Waals surface area contributed by atoms with E-state index >= 15 is 0 Å². The van der Waals surface area contributed by atoms with Crippen LogP contribution in [0.3, 0.4) is 0 Å². The molecule has 1 aromatic heterocycles. The summed E-state index contributed by atoms with van der Waals surface area (Å²) in [4.78, 5) is 16.8. The van der Waals surface area contributed by atoms with E-state index in [1.165, 1.54) is 28.6 Å². The van der Waals surface area contributed by atoms with Gasteiger partial charge in [-0.25, -0.2) is 9.37 Å². The van der Waals surface area contributed by atoms with Gasteiger partial charge in [-0.2, -0.15) is 4.68 Å². The van der Waals surface area contributed by atoms with E-state index in [1.807, 2.05) is 30.3 Å². The summed E-state index contributed by atoms with van der Waals surface area (Å²) in [7, 11) is 0. The van der Waals surface area contributed by atoms with Crippen LogP contribution < -0.4 is 0 Å². The number of hydrogen-bond donors (Lipinski definition) is 0. The van der Waals surface area contributed by atoms with E-state index in [0.717, 1.165) is 11.1 Å². The highest BCUT2D eigenvalue weighted by Crippen LogP contribution is 2.41. The monoisotopic (exact) mass is 325 g/mol. The number of nitrogens with zero attached hydrogens (tertiary/aromatic N) is 3. The Morgan fingerprint density at radius 2 is 1.83 bits per heavy atom. The van der Waals surface area contributed by atoms with Gasteiger partial charge >= 0.3 is 0 Å². The molecule has 0 radical (unpaired) electrons. The molecule has 0 N–H and O–H groups in total. The standard InChI is InChI=1S/C17H12FN3OS/c18-13-8-6-11(7-9-13)14-10-15(22)21-17(23-14)19-16(20-21)12-4-2-1-3-5-12/h1-9,14H,10H2/t14-/m1/s1. The summed E-state index contributed by atoms with van der Waals surface area (Å²) in [5.41, 5.74) is 1.79. The van der Waals surface area contributed by atoms with Crippen LogP contribution in [0.2, 0.25) is 0 Å². The first-order chi connectivity index (χ1) is 11.2. The van der Waals surface area contributed by atoms with Crippen LogP contribution in [0.1, 0.15) is 22.0 Å². The first-order valence-corrected chi connectivity index (χ1v) is 8.06. The van der Waals surface area contributed by atoms with Crippen molar-refractivity contribution in [1.82, 2.24) is 14.8 Å². The molecule has 0 unspecified atom stereocenters. The zero-order valence-corrected chi connectivity index (χ0v) is 12.8. The summed E-state index contributed by atoms with van der Waals surface area (Å²) in [5, 5.41) is 4.83. The van der Waals surface area contributed by atoms with Crippen LogP contribution in [0, 0.1) is 5.82 Å². The van der Waals surface area contributed by atoms with Gasteiger partial charge in [-0.1, -0.05) is 54.2 Å². The predicted octanol–water partition coefficient (Wildman–Crippen LogP) is 3.96. The second-order valence-corrected chi connectivity index (χ2v) is 6.42. The third-order valence-corrected chi connectivity index (χ3v) is 4.89. The SMILES string of the molecule is O=C1C[C@H](c2ccc(F)cc2)Sc2nc(-c3ccccc3)nn21. The highest BCUT2D eigenvalue weighted by Gasteiger charge is 2.30. The maximum Gasteiger partial charge on any atom is 0.250 e. The molecule has 0 amide bonds. The number of halogens is 1.